The van der Waals surface area contributed by atoms with Crippen molar-refractivity contribution in [2.24, 2.45) is 11.7 Å². The predicted octanol–water partition coefficient (Wildman–Crippen LogP) is -3.91. The van der Waals surface area contributed by atoms with Gasteiger partial charge in [0.05, 0.1) is 38.7 Å². The van der Waals surface area contributed by atoms with E-state index < -0.39 is 243 Å². The first-order valence-corrected chi connectivity index (χ1v) is 33.4. The number of para-hydroxylation sites is 2. The Morgan fingerprint density at radius 3 is 1.58 bits per heavy atom. The van der Waals surface area contributed by atoms with Crippen molar-refractivity contribution in [2.75, 3.05) is 12.3 Å². The fourth-order valence-electron chi connectivity index (χ4n) is 11.0. The monoisotopic (exact) mass is 1480 g/mol. The predicted molar refractivity (Wildman–Crippen MR) is 368 cm³/mol. The molecule has 21 N–H and O–H groups in total. The Balaban J connectivity index is 1.75. The van der Waals surface area contributed by atoms with E-state index in [1.807, 2.05) is 6.92 Å². The second kappa shape index (κ2) is 40.5. The molecule has 12 amide bonds. The number of benzene rings is 3. The molecule has 0 radical (unpaired) electrons. The maximum atomic E-state index is 15.3. The van der Waals surface area contributed by atoms with Crippen LogP contribution >= 0.6 is 0 Å². The molecule has 1 fully saturated rings. The number of carbonyl (C=O) groups is 18. The molecule has 106 heavy (non-hydrogen) atoms. The van der Waals surface area contributed by atoms with Crippen LogP contribution in [0.4, 0.5) is 5.69 Å². The van der Waals surface area contributed by atoms with Gasteiger partial charge in [-0.2, -0.15) is 0 Å². The first-order valence-electron chi connectivity index (χ1n) is 33.4. The lowest BCUT2D eigenvalue weighted by Gasteiger charge is -2.30. The smallest absolute Gasteiger partial charge is 0.329 e. The molecular formula is C68H86N14O24. The van der Waals surface area contributed by atoms with Crippen LogP contribution in [0, 0.1) is 5.92 Å². The van der Waals surface area contributed by atoms with Gasteiger partial charge < -0.3 is 105 Å². The normalized spacial score (nSPS) is 22.9. The minimum Gasteiger partial charge on any atom is -0.481 e. The summed E-state index contributed by atoms with van der Waals surface area (Å²) < 4.78 is 5.79. The second-order valence-corrected chi connectivity index (χ2v) is 25.0. The minimum atomic E-state index is -2.32. The SMILES string of the molecule is CCCCCC(=O)N[C@@H](CO)C(=O)NC1C(=O)NC(Cc2c[nH]c3ccccc23)C(=O)N[C@@H](CC(=O)O)C(=O)NC(CC(=O)O)C(=O)N[C@H](Cc2ccccc2)C(=O)N[C@@H](CC(=O)O)C(=O)N[C@@H](C)C(=O)N[C@H](CC(N)=O)C(=O)NC([C@H](C)CC(=O)O)C(=O)N[C@@H](CC(=O)c2ccccc2N)C(=O)OC1C. The van der Waals surface area contributed by atoms with Gasteiger partial charge in [-0.25, -0.2) is 4.79 Å². The first-order chi connectivity index (χ1) is 50.1. The number of H-pyrrole nitrogens is 1. The summed E-state index contributed by atoms with van der Waals surface area (Å²) in [7, 11) is 0. The number of nitrogens with two attached hydrogens (primary N) is 2. The number of aliphatic hydroxyl groups is 1. The Kier molecular flexibility index (Phi) is 32.2. The summed E-state index contributed by atoms with van der Waals surface area (Å²) in [4.78, 5) is 252. The van der Waals surface area contributed by atoms with Crippen LogP contribution in [0.1, 0.15) is 113 Å². The number of fused-ring (bicyclic) bond motifs is 1. The van der Waals surface area contributed by atoms with E-state index in [1.54, 1.807) is 30.3 Å². The average Bonchev–Trinajstić information content (AvgIpc) is 1.70. The lowest BCUT2D eigenvalue weighted by atomic mass is 9.95. The van der Waals surface area contributed by atoms with Crippen LogP contribution in [0.15, 0.2) is 85.1 Å². The van der Waals surface area contributed by atoms with Crippen molar-refractivity contribution >= 4 is 123 Å². The maximum absolute atomic E-state index is 15.3. The Morgan fingerprint density at radius 2 is 1.03 bits per heavy atom. The second-order valence-electron chi connectivity index (χ2n) is 25.0. The van der Waals surface area contributed by atoms with Gasteiger partial charge in [-0.05, 0) is 55.5 Å². The number of hydrogen-bond acceptors (Lipinski definition) is 21. The van der Waals surface area contributed by atoms with E-state index in [4.69, 9.17) is 16.2 Å². The summed E-state index contributed by atoms with van der Waals surface area (Å²) in [6.45, 7) is 3.76. The zero-order chi connectivity index (χ0) is 78.6. The van der Waals surface area contributed by atoms with E-state index in [9.17, 15) is 102 Å². The molecule has 4 aromatic rings. The van der Waals surface area contributed by atoms with Crippen molar-refractivity contribution in [1.29, 1.82) is 0 Å². The van der Waals surface area contributed by atoms with E-state index >= 15 is 9.59 Å². The van der Waals surface area contributed by atoms with Gasteiger partial charge in [-0.1, -0.05) is 87.4 Å². The molecule has 0 saturated carbocycles. The molecule has 0 bridgehead atoms. The van der Waals surface area contributed by atoms with Gasteiger partial charge >= 0.3 is 29.8 Å². The van der Waals surface area contributed by atoms with Crippen LogP contribution in [0.5, 0.6) is 0 Å². The van der Waals surface area contributed by atoms with Gasteiger partial charge in [0.15, 0.2) is 5.78 Å². The third-order valence-electron chi connectivity index (χ3n) is 16.6. The molecule has 2 heterocycles. The maximum Gasteiger partial charge on any atom is 0.329 e. The number of aromatic amines is 1. The van der Waals surface area contributed by atoms with Gasteiger partial charge in [-0.15, -0.1) is 0 Å². The van der Waals surface area contributed by atoms with E-state index in [1.165, 1.54) is 54.7 Å². The number of ketones is 1. The van der Waals surface area contributed by atoms with Crippen LogP contribution < -0.4 is 70.0 Å². The Labute approximate surface area is 604 Å². The molecule has 0 spiro atoms. The number of nitrogen functional groups attached to an aromatic ring is 1. The van der Waals surface area contributed by atoms with Crippen molar-refractivity contribution in [3.63, 3.8) is 0 Å². The highest BCUT2D eigenvalue weighted by Gasteiger charge is 2.42. The van der Waals surface area contributed by atoms with E-state index in [0.717, 1.165) is 20.8 Å². The topological polar surface area (TPSA) is 618 Å². The third kappa shape index (κ3) is 26.2. The molecule has 1 aliphatic rings. The molecule has 5 rings (SSSR count). The summed E-state index contributed by atoms with van der Waals surface area (Å²) in [5.74, 6) is -27.6. The van der Waals surface area contributed by atoms with Crippen LogP contribution in [0.25, 0.3) is 10.9 Å². The number of anilines is 1. The van der Waals surface area contributed by atoms with Crippen LogP contribution in [-0.4, -0.2) is 216 Å². The van der Waals surface area contributed by atoms with Gasteiger partial charge in [0.2, 0.25) is 70.9 Å². The van der Waals surface area contributed by atoms with Gasteiger partial charge in [0.1, 0.15) is 72.6 Å². The van der Waals surface area contributed by atoms with Crippen molar-refractivity contribution < 1.29 is 117 Å². The van der Waals surface area contributed by atoms with Crippen LogP contribution in [0.2, 0.25) is 0 Å². The number of aliphatic carboxylic acids is 4. The first kappa shape index (κ1) is 84.3. The molecule has 5 unspecified atom stereocenters. The summed E-state index contributed by atoms with van der Waals surface area (Å²) >= 11 is 0. The minimum absolute atomic E-state index is 0.148. The van der Waals surface area contributed by atoms with Crippen molar-refractivity contribution in [3.05, 3.63) is 102 Å². The number of esters is 1. The fraction of sp³-hybridized carbons (Fsp3) is 0.441. The van der Waals surface area contributed by atoms with Crippen molar-refractivity contribution in [3.8, 4) is 0 Å². The standard InChI is InChI=1S/C68H86N14O24/c1-5-6-8-21-51(86)73-48(31-83)65(102)82-57-34(4)106-68(105)47(25-49(84)38-18-11-13-19-39(38)69)80-66(103)56(32(2)22-52(87)88)81-64(101)43(26-50(70)85)74-58(95)33(3)72-59(96)44(27-53(89)90)76-60(97)41(23-35-15-9-7-10-16-35)75-62(99)45(28-54(91)92)78-63(100)46(29-55(93)94)77-61(98)42(79-67(57)104)24-36-30-71-40-20-14-12-17-37(36)40/h7,9-20,30,32-34,41-48,56-57,71,83H,5-6,8,21-29,31,69H2,1-4H3,(H2,70,85)(H,72,96)(H,73,86)(H,74,95)(H,75,99)(H,76,97)(H,77,98)(H,78,100)(H,79,104)(H,80,103)(H,81,101)(H,82,102)(H,87,88)(H,89,90)(H,91,92)(H,93,94)/t32-,33+,34?,41-,42?,43-,44+,45?,46+,47+,48+,56?,57?/m1/s1. The highest BCUT2D eigenvalue weighted by Crippen LogP contribution is 2.22. The average molecular weight is 1480 g/mol. The van der Waals surface area contributed by atoms with Crippen LogP contribution in [0.3, 0.4) is 0 Å². The molecule has 572 valence electrons. The molecule has 1 aromatic heterocycles. The van der Waals surface area contributed by atoms with Gasteiger partial charge in [0, 0.05) is 54.0 Å². The van der Waals surface area contributed by atoms with Gasteiger partial charge in [-0.3, -0.25) is 81.5 Å². The fourth-order valence-corrected chi connectivity index (χ4v) is 11.0. The molecule has 0 aliphatic carbocycles. The number of Topliss-reactive ketones (excluding diaryl/α,β-unsaturated/α-hetero) is 1. The lowest BCUT2D eigenvalue weighted by Crippen LogP contribution is -2.63. The third-order valence-corrected chi connectivity index (χ3v) is 16.6. The highest BCUT2D eigenvalue weighted by molar-refractivity contribution is 6.05. The lowest BCUT2D eigenvalue weighted by molar-refractivity contribution is -0.156. The Hall–Kier alpha value is -12.4. The molecule has 1 saturated heterocycles. The number of aliphatic hydroxyl groups excluding tert-OH is 1. The number of primary amides is 1. The number of amides is 12. The molecule has 3 aromatic carbocycles. The zero-order valence-electron chi connectivity index (χ0n) is 57.9. The number of carbonyl (C=O) groups excluding carboxylic acids is 14. The van der Waals surface area contributed by atoms with E-state index in [0.29, 0.717) is 30.2 Å². The quantitative estimate of drug-likeness (QED) is 0.0124. The van der Waals surface area contributed by atoms with Crippen molar-refractivity contribution in [2.45, 2.75) is 177 Å². The van der Waals surface area contributed by atoms with Crippen LogP contribution in [-0.2, 0) is 99.1 Å². The van der Waals surface area contributed by atoms with Gasteiger partial charge in [0.25, 0.3) is 0 Å². The molecular weight excluding hydrogens is 1400 g/mol. The zero-order valence-corrected chi connectivity index (χ0v) is 57.9. The summed E-state index contributed by atoms with van der Waals surface area (Å²) in [6.07, 6.45) is -7.52. The summed E-state index contributed by atoms with van der Waals surface area (Å²) in [5, 5.41) is 75.4. The summed E-state index contributed by atoms with van der Waals surface area (Å²) in [6, 6.07) is -4.16. The van der Waals surface area contributed by atoms with Crippen molar-refractivity contribution in [1.82, 2.24) is 63.5 Å². The number of hydrogen-bond donors (Lipinski definition) is 19. The number of rotatable bonds is 26. The van der Waals surface area contributed by atoms with E-state index in [-0.39, 0.29) is 28.8 Å². The molecule has 13 atom stereocenters. The summed E-state index contributed by atoms with van der Waals surface area (Å²) in [5.41, 5.74) is 12.2. The van der Waals surface area contributed by atoms with E-state index in [2.05, 4.69) is 63.5 Å². The number of cyclic esters (lactones) is 1. The number of nitrogens with one attached hydrogen (secondary N) is 12. The molecule has 38 nitrogen and oxygen atoms in total. The number of carboxylic acid groups (broad SMARTS) is 4. The molecule has 38 heteroatoms. The highest BCUT2D eigenvalue weighted by atomic mass is 16.5. The number of unbranched alkanes of at least 4 members (excludes halogenated alkanes) is 2. The largest absolute Gasteiger partial charge is 0.481 e. The Morgan fingerprint density at radius 1 is 0.538 bits per heavy atom. The molecule has 1 aliphatic heterocycles. The number of ether oxygens (including phenoxy) is 1. The number of carboxylic acids is 4. The number of aromatic nitrogens is 1. The Bertz CT molecular complexity index is 3940.